The Morgan fingerprint density at radius 2 is 1.89 bits per heavy atom. The summed E-state index contributed by atoms with van der Waals surface area (Å²) in [6, 6.07) is 13.5. The first-order valence-corrected chi connectivity index (χ1v) is 8.60. The molecule has 7 heteroatoms. The molecule has 7 nitrogen and oxygen atoms in total. The number of nitrogens with one attached hydrogen (secondary N) is 1. The maximum atomic E-state index is 12.8. The number of carbonyl (C=O) groups is 2. The number of ether oxygens (including phenoxy) is 1. The smallest absolute Gasteiger partial charge is 0.340 e. The summed E-state index contributed by atoms with van der Waals surface area (Å²) in [6.45, 7) is 3.23. The number of nitriles is 1. The zero-order valence-electron chi connectivity index (χ0n) is 15.4. The van der Waals surface area contributed by atoms with Gasteiger partial charge in [0.1, 0.15) is 11.6 Å². The number of carbonyl (C=O) groups excluding carboxylic acids is 2. The lowest BCUT2D eigenvalue weighted by Gasteiger charge is -2.15. The van der Waals surface area contributed by atoms with Crippen molar-refractivity contribution in [2.24, 2.45) is 0 Å². The van der Waals surface area contributed by atoms with Gasteiger partial charge >= 0.3 is 5.97 Å². The second-order valence-electron chi connectivity index (χ2n) is 5.98. The molecule has 2 aromatic heterocycles. The summed E-state index contributed by atoms with van der Waals surface area (Å²) in [7, 11) is 0. The second kappa shape index (κ2) is 7.76. The number of fused-ring (bicyclic) bond motifs is 1. The minimum atomic E-state index is -0.622. The monoisotopic (exact) mass is 375 g/mol. The molecule has 0 aliphatic rings. The first-order valence-electron chi connectivity index (χ1n) is 8.60. The van der Waals surface area contributed by atoms with Crippen LogP contribution in [0.15, 0.2) is 53.5 Å². The Bertz CT molecular complexity index is 1170. The first kappa shape index (κ1) is 18.9. The van der Waals surface area contributed by atoms with Gasteiger partial charge in [-0.05, 0) is 36.8 Å². The third kappa shape index (κ3) is 3.35. The molecule has 0 saturated heterocycles. The van der Waals surface area contributed by atoms with Crippen LogP contribution in [-0.2, 0) is 9.53 Å². The molecule has 3 aromatic rings. The van der Waals surface area contributed by atoms with E-state index in [4.69, 9.17) is 4.74 Å². The third-order valence-electron chi connectivity index (χ3n) is 4.13. The normalized spacial score (nSPS) is 10.3. The van der Waals surface area contributed by atoms with Crippen molar-refractivity contribution in [3.63, 3.8) is 0 Å². The van der Waals surface area contributed by atoms with E-state index in [1.165, 1.54) is 17.5 Å². The quantitative estimate of drug-likeness (QED) is 0.707. The Hall–Kier alpha value is -3.92. The van der Waals surface area contributed by atoms with Gasteiger partial charge in [-0.25, -0.2) is 4.79 Å². The van der Waals surface area contributed by atoms with Crippen LogP contribution in [0.1, 0.15) is 29.8 Å². The molecule has 1 amide bonds. The highest BCUT2D eigenvalue weighted by Gasteiger charge is 2.24. The van der Waals surface area contributed by atoms with Crippen molar-refractivity contribution < 1.29 is 14.3 Å². The zero-order chi connectivity index (χ0) is 20.3. The van der Waals surface area contributed by atoms with Crippen molar-refractivity contribution in [3.05, 3.63) is 70.1 Å². The molecule has 28 heavy (non-hydrogen) atoms. The first-order chi connectivity index (χ1) is 13.5. The number of hydrogen-bond acceptors (Lipinski definition) is 5. The second-order valence-corrected chi connectivity index (χ2v) is 5.98. The van der Waals surface area contributed by atoms with E-state index in [1.807, 2.05) is 6.07 Å². The van der Waals surface area contributed by atoms with E-state index in [-0.39, 0.29) is 29.2 Å². The van der Waals surface area contributed by atoms with E-state index in [1.54, 1.807) is 49.4 Å². The van der Waals surface area contributed by atoms with E-state index in [0.29, 0.717) is 16.8 Å². The Balaban J connectivity index is 2.35. The Labute approximate surface area is 160 Å². The minimum absolute atomic E-state index is 0.144. The van der Waals surface area contributed by atoms with Gasteiger partial charge in [-0.3, -0.25) is 14.0 Å². The summed E-state index contributed by atoms with van der Waals surface area (Å²) in [4.78, 5) is 36.8. The molecule has 0 aliphatic carbocycles. The molecule has 0 unspecified atom stereocenters. The molecule has 0 atom stereocenters. The maximum Gasteiger partial charge on any atom is 0.340 e. The molecule has 0 bridgehead atoms. The molecular weight excluding hydrogens is 358 g/mol. The van der Waals surface area contributed by atoms with Gasteiger partial charge in [-0.2, -0.15) is 5.26 Å². The number of hydrogen-bond donors (Lipinski definition) is 1. The summed E-state index contributed by atoms with van der Waals surface area (Å²) >= 11 is 0. The number of benzene rings is 1. The molecule has 0 radical (unpaired) electrons. The van der Waals surface area contributed by atoms with Crippen molar-refractivity contribution in [1.82, 2.24) is 4.40 Å². The third-order valence-corrected chi connectivity index (χ3v) is 4.13. The summed E-state index contributed by atoms with van der Waals surface area (Å²) < 4.78 is 6.46. The summed E-state index contributed by atoms with van der Waals surface area (Å²) in [5.74, 6) is -0.842. The lowest BCUT2D eigenvalue weighted by atomic mass is 9.94. The lowest BCUT2D eigenvalue weighted by molar-refractivity contribution is -0.114. The van der Waals surface area contributed by atoms with Crippen LogP contribution in [0, 0.1) is 11.3 Å². The molecular formula is C21H17N3O4. The molecule has 0 spiro atoms. The number of esters is 1. The van der Waals surface area contributed by atoms with E-state index in [9.17, 15) is 19.6 Å². The van der Waals surface area contributed by atoms with Gasteiger partial charge in [-0.1, -0.05) is 18.2 Å². The standard InChI is InChI=1S/C21H17N3O4/c1-3-28-21(27)19-17-6-4-5-11-24(17)20(26)16(12-22)18(19)14-7-9-15(10-8-14)23-13(2)25/h4-11H,3H2,1-2H3,(H,23,25). The highest BCUT2D eigenvalue weighted by atomic mass is 16.5. The number of aromatic nitrogens is 1. The van der Waals surface area contributed by atoms with E-state index < -0.39 is 11.5 Å². The van der Waals surface area contributed by atoms with Crippen LogP contribution in [0.2, 0.25) is 0 Å². The fourth-order valence-electron chi connectivity index (χ4n) is 3.03. The molecule has 1 aromatic carbocycles. The van der Waals surface area contributed by atoms with Crippen molar-refractivity contribution in [1.29, 1.82) is 5.26 Å². The van der Waals surface area contributed by atoms with Crippen LogP contribution < -0.4 is 10.9 Å². The number of rotatable bonds is 4. The van der Waals surface area contributed by atoms with Gasteiger partial charge < -0.3 is 10.1 Å². The molecule has 0 aliphatic heterocycles. The van der Waals surface area contributed by atoms with Crippen molar-refractivity contribution in [3.8, 4) is 17.2 Å². The number of anilines is 1. The van der Waals surface area contributed by atoms with Crippen LogP contribution in [0.5, 0.6) is 0 Å². The largest absolute Gasteiger partial charge is 0.462 e. The predicted octanol–water partition coefficient (Wildman–Crippen LogP) is 2.97. The molecule has 0 saturated carbocycles. The van der Waals surface area contributed by atoms with E-state index >= 15 is 0 Å². The van der Waals surface area contributed by atoms with Gasteiger partial charge in [0.2, 0.25) is 5.91 Å². The predicted molar refractivity (Wildman–Crippen MR) is 104 cm³/mol. The Morgan fingerprint density at radius 1 is 1.18 bits per heavy atom. The van der Waals surface area contributed by atoms with Gasteiger partial charge in [0.15, 0.2) is 0 Å². The van der Waals surface area contributed by atoms with Crippen LogP contribution >= 0.6 is 0 Å². The highest BCUT2D eigenvalue weighted by molar-refractivity contribution is 6.05. The SMILES string of the molecule is CCOC(=O)c1c(-c2ccc(NC(C)=O)cc2)c(C#N)c(=O)n2ccccc12. The van der Waals surface area contributed by atoms with Gasteiger partial charge in [0, 0.05) is 24.4 Å². The number of pyridine rings is 2. The highest BCUT2D eigenvalue weighted by Crippen LogP contribution is 2.30. The van der Waals surface area contributed by atoms with Crippen molar-refractivity contribution in [2.45, 2.75) is 13.8 Å². The maximum absolute atomic E-state index is 12.8. The fourth-order valence-corrected chi connectivity index (χ4v) is 3.03. The molecule has 0 fully saturated rings. The van der Waals surface area contributed by atoms with Crippen LogP contribution in [0.3, 0.4) is 0 Å². The number of amides is 1. The van der Waals surface area contributed by atoms with Crippen LogP contribution in [0.4, 0.5) is 5.69 Å². The molecule has 2 heterocycles. The average molecular weight is 375 g/mol. The Kier molecular flexibility index (Phi) is 5.23. The molecule has 140 valence electrons. The molecule has 3 rings (SSSR count). The molecule has 1 N–H and O–H groups in total. The lowest BCUT2D eigenvalue weighted by Crippen LogP contribution is -2.22. The van der Waals surface area contributed by atoms with Gasteiger partial charge in [0.05, 0.1) is 17.7 Å². The summed E-state index contributed by atoms with van der Waals surface area (Å²) in [6.07, 6.45) is 1.50. The Morgan fingerprint density at radius 3 is 2.50 bits per heavy atom. The van der Waals surface area contributed by atoms with Gasteiger partial charge in [0.25, 0.3) is 5.56 Å². The van der Waals surface area contributed by atoms with Gasteiger partial charge in [-0.15, -0.1) is 0 Å². The van der Waals surface area contributed by atoms with E-state index in [0.717, 1.165) is 0 Å². The average Bonchev–Trinajstić information content (AvgIpc) is 2.68. The summed E-state index contributed by atoms with van der Waals surface area (Å²) in [5, 5.41) is 12.3. The van der Waals surface area contributed by atoms with Crippen LogP contribution in [-0.4, -0.2) is 22.9 Å². The summed E-state index contributed by atoms with van der Waals surface area (Å²) in [5.41, 5.74) is 1.09. The van der Waals surface area contributed by atoms with Crippen LogP contribution in [0.25, 0.3) is 16.6 Å². The zero-order valence-corrected chi connectivity index (χ0v) is 15.4. The fraction of sp³-hybridized carbons (Fsp3) is 0.143. The topological polar surface area (TPSA) is 101 Å². The minimum Gasteiger partial charge on any atom is -0.462 e. The van der Waals surface area contributed by atoms with E-state index in [2.05, 4.69) is 5.32 Å². The van der Waals surface area contributed by atoms with Crippen molar-refractivity contribution in [2.75, 3.05) is 11.9 Å². The van der Waals surface area contributed by atoms with Crippen molar-refractivity contribution >= 4 is 23.1 Å². The number of nitrogens with zero attached hydrogens (tertiary/aromatic N) is 2.